The summed E-state index contributed by atoms with van der Waals surface area (Å²) in [5.41, 5.74) is 4.86. The predicted molar refractivity (Wildman–Crippen MR) is 106 cm³/mol. The van der Waals surface area contributed by atoms with E-state index in [0.717, 1.165) is 45.6 Å². The maximum Gasteiger partial charge on any atom is 0.231 e. The molecule has 1 amide bonds. The van der Waals surface area contributed by atoms with E-state index in [0.29, 0.717) is 12.2 Å². The minimum atomic E-state index is -1.03. The van der Waals surface area contributed by atoms with Crippen molar-refractivity contribution in [1.82, 2.24) is 9.55 Å². The maximum absolute atomic E-state index is 13.1. The molecule has 2 aromatic heterocycles. The molecule has 142 valence electrons. The molecular formula is C21H19FN4O2. The van der Waals surface area contributed by atoms with Gasteiger partial charge in [-0.3, -0.25) is 9.79 Å². The molecule has 0 spiro atoms. The fourth-order valence-corrected chi connectivity index (χ4v) is 3.78. The van der Waals surface area contributed by atoms with Crippen LogP contribution in [0.5, 0.6) is 5.75 Å². The number of hydrogen-bond acceptors (Lipinski definition) is 4. The molecule has 2 aliphatic rings. The number of ether oxygens (including phenoxy) is 1. The van der Waals surface area contributed by atoms with Crippen molar-refractivity contribution in [1.29, 1.82) is 0 Å². The summed E-state index contributed by atoms with van der Waals surface area (Å²) < 4.78 is 20.8. The summed E-state index contributed by atoms with van der Waals surface area (Å²) in [4.78, 5) is 20.8. The summed E-state index contributed by atoms with van der Waals surface area (Å²) in [5.74, 6) is 0.328. The average Bonchev–Trinajstić information content (AvgIpc) is 3.10. The highest BCUT2D eigenvalue weighted by molar-refractivity contribution is 5.97. The second kappa shape index (κ2) is 6.15. The van der Waals surface area contributed by atoms with Gasteiger partial charge in [0.05, 0.1) is 30.4 Å². The minimum Gasteiger partial charge on any atom is -0.494 e. The normalized spacial score (nSPS) is 19.7. The number of aryl methyl sites for hydroxylation is 1. The van der Waals surface area contributed by atoms with Crippen molar-refractivity contribution < 1.29 is 13.9 Å². The number of anilines is 1. The van der Waals surface area contributed by atoms with Crippen LogP contribution in [0.15, 0.2) is 35.5 Å². The molecule has 1 saturated carbocycles. The Kier molecular flexibility index (Phi) is 3.72. The van der Waals surface area contributed by atoms with Gasteiger partial charge in [0.15, 0.2) is 5.75 Å². The van der Waals surface area contributed by atoms with Crippen molar-refractivity contribution in [3.05, 3.63) is 36.0 Å². The van der Waals surface area contributed by atoms with Crippen molar-refractivity contribution in [2.75, 3.05) is 12.4 Å². The van der Waals surface area contributed by atoms with Crippen LogP contribution in [0.3, 0.4) is 0 Å². The average molecular weight is 378 g/mol. The first-order valence-electron chi connectivity index (χ1n) is 9.20. The van der Waals surface area contributed by atoms with Gasteiger partial charge < -0.3 is 14.6 Å². The number of carbonyl (C=O) groups excluding carboxylic acids is 1. The Hall–Kier alpha value is -3.22. The Labute approximate surface area is 161 Å². The molecular weight excluding hydrogens is 359 g/mol. The van der Waals surface area contributed by atoms with Gasteiger partial charge in [0.1, 0.15) is 17.7 Å². The van der Waals surface area contributed by atoms with Crippen molar-refractivity contribution in [3.8, 4) is 17.0 Å². The van der Waals surface area contributed by atoms with Gasteiger partial charge in [0.2, 0.25) is 5.91 Å². The van der Waals surface area contributed by atoms with Gasteiger partial charge in [0.25, 0.3) is 0 Å². The highest BCUT2D eigenvalue weighted by Crippen LogP contribution is 2.43. The fourth-order valence-electron chi connectivity index (χ4n) is 3.78. The minimum absolute atomic E-state index is 0.296. The lowest BCUT2D eigenvalue weighted by Crippen LogP contribution is -2.15. The Morgan fingerprint density at radius 1 is 1.36 bits per heavy atom. The summed E-state index contributed by atoms with van der Waals surface area (Å²) in [6.07, 6.45) is 3.69. The molecule has 0 saturated heterocycles. The van der Waals surface area contributed by atoms with E-state index in [1.165, 1.54) is 0 Å². The molecule has 3 aromatic rings. The van der Waals surface area contributed by atoms with Crippen LogP contribution in [-0.4, -0.2) is 35.0 Å². The third-order valence-electron chi connectivity index (χ3n) is 5.46. The Morgan fingerprint density at radius 2 is 2.18 bits per heavy atom. The molecule has 28 heavy (non-hydrogen) atoms. The van der Waals surface area contributed by atoms with Crippen molar-refractivity contribution >= 4 is 34.5 Å². The zero-order chi connectivity index (χ0) is 19.4. The third kappa shape index (κ3) is 2.58. The van der Waals surface area contributed by atoms with Crippen LogP contribution >= 0.6 is 0 Å². The summed E-state index contributed by atoms with van der Waals surface area (Å²) in [6.45, 7) is 0. The number of carbonyl (C=O) groups is 1. The van der Waals surface area contributed by atoms with Crippen LogP contribution < -0.4 is 10.1 Å². The number of benzene rings is 1. The van der Waals surface area contributed by atoms with Crippen LogP contribution in [0.1, 0.15) is 12.0 Å². The fraction of sp³-hybridized carbons (Fsp3) is 0.286. The first-order valence-corrected chi connectivity index (χ1v) is 9.20. The SMILES string of the molecule is COc1c(-c2cc3cc(NC(=O)C4CC4F)ncc3n2C)ccc2c1N=CC2. The van der Waals surface area contributed by atoms with Gasteiger partial charge >= 0.3 is 0 Å². The Balaban J connectivity index is 1.55. The molecule has 5 rings (SSSR count). The number of fused-ring (bicyclic) bond motifs is 2. The first-order chi connectivity index (χ1) is 13.6. The third-order valence-corrected chi connectivity index (χ3v) is 5.46. The second-order valence-electron chi connectivity index (χ2n) is 7.23. The molecule has 1 aliphatic carbocycles. The topological polar surface area (TPSA) is 68.5 Å². The number of nitrogens with one attached hydrogen (secondary N) is 1. The number of pyridine rings is 1. The zero-order valence-electron chi connectivity index (χ0n) is 15.6. The summed E-state index contributed by atoms with van der Waals surface area (Å²) in [6, 6.07) is 7.96. The number of halogens is 1. The monoisotopic (exact) mass is 378 g/mol. The molecule has 0 bridgehead atoms. The number of aromatic nitrogens is 2. The molecule has 1 N–H and O–H groups in total. The predicted octanol–water partition coefficient (Wildman–Crippen LogP) is 3.80. The molecule has 1 fully saturated rings. The van der Waals surface area contributed by atoms with Crippen molar-refractivity contribution in [2.24, 2.45) is 18.0 Å². The molecule has 7 heteroatoms. The van der Waals surface area contributed by atoms with E-state index in [1.54, 1.807) is 13.3 Å². The van der Waals surface area contributed by atoms with Crippen LogP contribution in [0, 0.1) is 5.92 Å². The number of hydrogen-bond donors (Lipinski definition) is 1. The molecule has 6 nitrogen and oxygen atoms in total. The summed E-state index contributed by atoms with van der Waals surface area (Å²) in [5, 5.41) is 3.64. The smallest absolute Gasteiger partial charge is 0.231 e. The van der Waals surface area contributed by atoms with Gasteiger partial charge in [-0.05, 0) is 30.2 Å². The number of amides is 1. The van der Waals surface area contributed by atoms with E-state index in [1.807, 2.05) is 36.0 Å². The quantitative estimate of drug-likeness (QED) is 0.751. The number of methoxy groups -OCH3 is 1. The lowest BCUT2D eigenvalue weighted by atomic mass is 10.0. The molecule has 3 heterocycles. The lowest BCUT2D eigenvalue weighted by molar-refractivity contribution is -0.117. The lowest BCUT2D eigenvalue weighted by Gasteiger charge is -2.13. The molecule has 2 unspecified atom stereocenters. The van der Waals surface area contributed by atoms with Crippen LogP contribution in [0.25, 0.3) is 22.2 Å². The largest absolute Gasteiger partial charge is 0.494 e. The van der Waals surface area contributed by atoms with Crippen LogP contribution in [0.4, 0.5) is 15.9 Å². The number of aliphatic imine (C=N–C) groups is 1. The molecule has 1 aromatic carbocycles. The van der Waals surface area contributed by atoms with Gasteiger partial charge in [-0.25, -0.2) is 9.37 Å². The van der Waals surface area contributed by atoms with Gasteiger partial charge in [-0.15, -0.1) is 0 Å². The highest BCUT2D eigenvalue weighted by atomic mass is 19.1. The van der Waals surface area contributed by atoms with Gasteiger partial charge in [-0.1, -0.05) is 6.07 Å². The molecule has 1 aliphatic heterocycles. The Bertz CT molecular complexity index is 1150. The van der Waals surface area contributed by atoms with Gasteiger partial charge in [-0.2, -0.15) is 0 Å². The van der Waals surface area contributed by atoms with E-state index in [-0.39, 0.29) is 5.91 Å². The van der Waals surface area contributed by atoms with E-state index in [2.05, 4.69) is 21.4 Å². The van der Waals surface area contributed by atoms with E-state index >= 15 is 0 Å². The standard InChI is InChI=1S/C21H19FN4O2/c1-26-16(13-4-3-11-5-6-23-19(11)20(13)28-2)7-12-8-18(24-10-17(12)26)25-21(27)14-9-15(14)22/h3-4,6-8,10,14-15H,5,9H2,1-2H3,(H,24,25,27). The first kappa shape index (κ1) is 16.9. The van der Waals surface area contributed by atoms with E-state index < -0.39 is 12.1 Å². The maximum atomic E-state index is 13.1. The van der Waals surface area contributed by atoms with Crippen LogP contribution in [0.2, 0.25) is 0 Å². The molecule has 2 atom stereocenters. The summed E-state index contributed by atoms with van der Waals surface area (Å²) >= 11 is 0. The number of alkyl halides is 1. The summed E-state index contributed by atoms with van der Waals surface area (Å²) in [7, 11) is 3.62. The second-order valence-corrected chi connectivity index (χ2v) is 7.23. The molecule has 0 radical (unpaired) electrons. The zero-order valence-corrected chi connectivity index (χ0v) is 15.6. The van der Waals surface area contributed by atoms with Crippen LogP contribution in [-0.2, 0) is 18.3 Å². The van der Waals surface area contributed by atoms with Crippen molar-refractivity contribution in [2.45, 2.75) is 19.0 Å². The van der Waals surface area contributed by atoms with Crippen molar-refractivity contribution in [3.63, 3.8) is 0 Å². The number of rotatable bonds is 4. The highest BCUT2D eigenvalue weighted by Gasteiger charge is 2.43. The van der Waals surface area contributed by atoms with E-state index in [4.69, 9.17) is 4.74 Å². The van der Waals surface area contributed by atoms with Gasteiger partial charge in [0, 0.05) is 30.6 Å². The Morgan fingerprint density at radius 3 is 2.93 bits per heavy atom. The number of nitrogens with zero attached hydrogens (tertiary/aromatic N) is 3. The van der Waals surface area contributed by atoms with E-state index in [9.17, 15) is 9.18 Å².